The average molecular weight is 290 g/mol. The highest BCUT2D eigenvalue weighted by Gasteiger charge is 2.32. The molecule has 1 aliphatic carbocycles. The van der Waals surface area contributed by atoms with Gasteiger partial charge in [0.25, 0.3) is 0 Å². The second kappa shape index (κ2) is 5.97. The van der Waals surface area contributed by atoms with Crippen LogP contribution in [0.2, 0.25) is 0 Å². The van der Waals surface area contributed by atoms with Crippen molar-refractivity contribution in [1.29, 1.82) is 0 Å². The Hall–Kier alpha value is -1.69. The Balaban J connectivity index is 1.80. The average Bonchev–Trinajstić information content (AvgIpc) is 2.92. The molecule has 0 aromatic carbocycles. The van der Waals surface area contributed by atoms with Crippen molar-refractivity contribution in [2.75, 3.05) is 13.7 Å². The summed E-state index contributed by atoms with van der Waals surface area (Å²) in [5.74, 6) is 1.87. The molecule has 1 atom stereocenters. The van der Waals surface area contributed by atoms with E-state index in [1.165, 1.54) is 6.42 Å². The molecule has 0 bridgehead atoms. The smallest absolute Gasteiger partial charge is 0.250 e. The van der Waals surface area contributed by atoms with E-state index in [-0.39, 0.29) is 11.9 Å². The summed E-state index contributed by atoms with van der Waals surface area (Å²) >= 11 is 0. The zero-order valence-corrected chi connectivity index (χ0v) is 12.7. The molecule has 1 aromatic heterocycles. The largest absolute Gasteiger partial charge is 0.377 e. The number of methoxy groups -OCH3 is 1. The van der Waals surface area contributed by atoms with Crippen LogP contribution >= 0.6 is 0 Å². The Morgan fingerprint density at radius 2 is 2.24 bits per heavy atom. The Morgan fingerprint density at radius 1 is 1.38 bits per heavy atom. The summed E-state index contributed by atoms with van der Waals surface area (Å²) in [7, 11) is 1.65. The van der Waals surface area contributed by atoms with E-state index in [0.29, 0.717) is 13.2 Å². The lowest BCUT2D eigenvalue weighted by Gasteiger charge is -2.34. The maximum absolute atomic E-state index is 12.7. The maximum Gasteiger partial charge on any atom is 0.250 e. The molecule has 0 unspecified atom stereocenters. The van der Waals surface area contributed by atoms with Crippen molar-refractivity contribution < 1.29 is 9.53 Å². The predicted octanol–water partition coefficient (Wildman–Crippen LogP) is 1.83. The van der Waals surface area contributed by atoms with Crippen LogP contribution in [0.5, 0.6) is 0 Å². The van der Waals surface area contributed by atoms with Crippen LogP contribution < -0.4 is 0 Å². The van der Waals surface area contributed by atoms with Crippen molar-refractivity contribution in [3.63, 3.8) is 0 Å². The number of rotatable bonds is 3. The number of fused-ring (bicyclic) bond motifs is 1. The minimum absolute atomic E-state index is 0.0350. The van der Waals surface area contributed by atoms with Crippen LogP contribution in [-0.2, 0) is 22.7 Å². The van der Waals surface area contributed by atoms with Crippen LogP contribution in [0.15, 0.2) is 11.6 Å². The molecule has 6 heteroatoms. The minimum Gasteiger partial charge on any atom is -0.377 e. The zero-order chi connectivity index (χ0) is 14.8. The van der Waals surface area contributed by atoms with E-state index in [1.807, 2.05) is 11.8 Å². The fourth-order valence-corrected chi connectivity index (χ4v) is 3.17. The molecule has 21 heavy (non-hydrogen) atoms. The molecule has 6 nitrogen and oxygen atoms in total. The number of aromatic nitrogens is 3. The first-order valence-corrected chi connectivity index (χ1v) is 7.63. The third kappa shape index (κ3) is 2.60. The molecule has 1 aliphatic heterocycles. The van der Waals surface area contributed by atoms with Gasteiger partial charge >= 0.3 is 0 Å². The van der Waals surface area contributed by atoms with Gasteiger partial charge in [0, 0.05) is 25.8 Å². The van der Waals surface area contributed by atoms with Gasteiger partial charge in [-0.1, -0.05) is 6.08 Å². The first kappa shape index (κ1) is 14.3. The highest BCUT2D eigenvalue weighted by atomic mass is 16.5. The maximum atomic E-state index is 12.7. The number of carbonyl (C=O) groups excluding carboxylic acids is 1. The number of amides is 1. The van der Waals surface area contributed by atoms with Crippen LogP contribution in [0.3, 0.4) is 0 Å². The summed E-state index contributed by atoms with van der Waals surface area (Å²) in [5.41, 5.74) is 0.971. The van der Waals surface area contributed by atoms with Crippen LogP contribution in [0.1, 0.15) is 50.3 Å². The summed E-state index contributed by atoms with van der Waals surface area (Å²) < 4.78 is 7.22. The van der Waals surface area contributed by atoms with Crippen LogP contribution in [0.25, 0.3) is 0 Å². The summed E-state index contributed by atoms with van der Waals surface area (Å²) in [6, 6.07) is -0.0350. The lowest BCUT2D eigenvalue weighted by Crippen LogP contribution is -2.42. The molecule has 1 amide bonds. The van der Waals surface area contributed by atoms with E-state index in [2.05, 4.69) is 20.8 Å². The standard InChI is InChI=1S/C15H22N4O2/c1-11-14-17-16-13(10-21-2)19(14)9-8-18(11)15(20)12-6-4-3-5-7-12/h6,11H,3-5,7-10H2,1-2H3/t11-/m0/s1. The lowest BCUT2D eigenvalue weighted by atomic mass is 9.98. The Kier molecular flexibility index (Phi) is 4.05. The highest BCUT2D eigenvalue weighted by Crippen LogP contribution is 2.28. The van der Waals surface area contributed by atoms with Gasteiger partial charge in [0.05, 0.1) is 6.04 Å². The van der Waals surface area contributed by atoms with Gasteiger partial charge in [0.1, 0.15) is 6.61 Å². The molecule has 1 aromatic rings. The monoisotopic (exact) mass is 290 g/mol. The Morgan fingerprint density at radius 3 is 2.95 bits per heavy atom. The zero-order valence-electron chi connectivity index (χ0n) is 12.7. The molecule has 0 spiro atoms. The SMILES string of the molecule is COCc1nnc2n1CCN(C(=O)C1=CCCCC1)[C@H]2C. The van der Waals surface area contributed by atoms with Crippen molar-refractivity contribution in [2.45, 2.75) is 51.8 Å². The lowest BCUT2D eigenvalue weighted by molar-refractivity contribution is -0.130. The molecule has 0 radical (unpaired) electrons. The van der Waals surface area contributed by atoms with Gasteiger partial charge in [-0.25, -0.2) is 0 Å². The third-order valence-electron chi connectivity index (χ3n) is 4.36. The molecule has 2 heterocycles. The van der Waals surface area contributed by atoms with Crippen LogP contribution in [-0.4, -0.2) is 39.2 Å². The van der Waals surface area contributed by atoms with E-state index in [9.17, 15) is 4.79 Å². The molecule has 0 saturated carbocycles. The van der Waals surface area contributed by atoms with Crippen LogP contribution in [0.4, 0.5) is 0 Å². The molecular formula is C15H22N4O2. The van der Waals surface area contributed by atoms with E-state index in [1.54, 1.807) is 7.11 Å². The molecule has 114 valence electrons. The van der Waals surface area contributed by atoms with Crippen molar-refractivity contribution in [3.8, 4) is 0 Å². The van der Waals surface area contributed by atoms with Crippen molar-refractivity contribution >= 4 is 5.91 Å². The van der Waals surface area contributed by atoms with E-state index >= 15 is 0 Å². The van der Waals surface area contributed by atoms with E-state index in [4.69, 9.17) is 4.74 Å². The van der Waals surface area contributed by atoms with Gasteiger partial charge in [0.15, 0.2) is 11.6 Å². The van der Waals surface area contributed by atoms with Gasteiger partial charge in [0.2, 0.25) is 5.91 Å². The van der Waals surface area contributed by atoms with E-state index in [0.717, 1.165) is 43.0 Å². The summed E-state index contributed by atoms with van der Waals surface area (Å²) in [6.45, 7) is 3.93. The highest BCUT2D eigenvalue weighted by molar-refractivity contribution is 5.93. The number of nitrogens with zero attached hydrogens (tertiary/aromatic N) is 4. The van der Waals surface area contributed by atoms with Gasteiger partial charge in [-0.3, -0.25) is 4.79 Å². The molecule has 3 rings (SSSR count). The third-order valence-corrected chi connectivity index (χ3v) is 4.36. The summed E-state index contributed by atoms with van der Waals surface area (Å²) in [5, 5.41) is 8.43. The van der Waals surface area contributed by atoms with Gasteiger partial charge in [-0.05, 0) is 32.6 Å². The summed E-state index contributed by atoms with van der Waals surface area (Å²) in [6.07, 6.45) is 6.35. The number of hydrogen-bond acceptors (Lipinski definition) is 4. The van der Waals surface area contributed by atoms with Crippen molar-refractivity contribution in [2.24, 2.45) is 0 Å². The van der Waals surface area contributed by atoms with Crippen molar-refractivity contribution in [3.05, 3.63) is 23.3 Å². The second-order valence-corrected chi connectivity index (χ2v) is 5.71. The molecule has 2 aliphatic rings. The second-order valence-electron chi connectivity index (χ2n) is 5.71. The minimum atomic E-state index is -0.0350. The van der Waals surface area contributed by atoms with Gasteiger partial charge < -0.3 is 14.2 Å². The Bertz CT molecular complexity index is 564. The number of carbonyl (C=O) groups is 1. The molecule has 0 N–H and O–H groups in total. The first-order valence-electron chi connectivity index (χ1n) is 7.63. The summed E-state index contributed by atoms with van der Waals surface area (Å²) in [4.78, 5) is 14.6. The first-order chi connectivity index (χ1) is 10.2. The van der Waals surface area contributed by atoms with Crippen LogP contribution in [0, 0.1) is 0 Å². The quantitative estimate of drug-likeness (QED) is 0.852. The van der Waals surface area contributed by atoms with Gasteiger partial charge in [-0.15, -0.1) is 10.2 Å². The molecule has 0 saturated heterocycles. The fourth-order valence-electron chi connectivity index (χ4n) is 3.17. The van der Waals surface area contributed by atoms with E-state index < -0.39 is 0 Å². The predicted molar refractivity (Wildman–Crippen MR) is 77.4 cm³/mol. The number of ether oxygens (including phenoxy) is 1. The number of allylic oxidation sites excluding steroid dienone is 1. The molecular weight excluding hydrogens is 268 g/mol. The number of hydrogen-bond donors (Lipinski definition) is 0. The van der Waals surface area contributed by atoms with Gasteiger partial charge in [-0.2, -0.15) is 0 Å². The van der Waals surface area contributed by atoms with Crippen molar-refractivity contribution in [1.82, 2.24) is 19.7 Å². The Labute approximate surface area is 124 Å². The topological polar surface area (TPSA) is 60.3 Å². The fraction of sp³-hybridized carbons (Fsp3) is 0.667. The normalized spacial score (nSPS) is 21.9. The molecule has 0 fully saturated rings.